The van der Waals surface area contributed by atoms with Gasteiger partial charge in [-0.2, -0.15) is 0 Å². The van der Waals surface area contributed by atoms with Gasteiger partial charge in [0.2, 0.25) is 0 Å². The van der Waals surface area contributed by atoms with Crippen LogP contribution in [-0.4, -0.2) is 25.0 Å². The van der Waals surface area contributed by atoms with Gasteiger partial charge in [-0.3, -0.25) is 4.79 Å². The predicted octanol–water partition coefficient (Wildman–Crippen LogP) is 3.44. The monoisotopic (exact) mass is 275 g/mol. The highest BCUT2D eigenvalue weighted by Gasteiger charge is 2.40. The van der Waals surface area contributed by atoms with Crippen molar-refractivity contribution in [3.63, 3.8) is 0 Å². The first-order chi connectivity index (χ1) is 9.57. The number of nitrogens with one attached hydrogen (secondary N) is 1. The fraction of sp³-hybridized carbons (Fsp3) is 0.588. The Morgan fingerprint density at radius 1 is 1.35 bits per heavy atom. The number of ketones is 1. The third kappa shape index (κ3) is 3.21. The average molecular weight is 275 g/mol. The van der Waals surface area contributed by atoms with Crippen LogP contribution in [0.3, 0.4) is 0 Å². The Labute approximate surface area is 121 Å². The van der Waals surface area contributed by atoms with Crippen LogP contribution >= 0.6 is 0 Å². The lowest BCUT2D eigenvalue weighted by molar-refractivity contribution is 0.0802. The van der Waals surface area contributed by atoms with Gasteiger partial charge in [0.25, 0.3) is 0 Å². The highest BCUT2D eigenvalue weighted by molar-refractivity contribution is 6.01. The Bertz CT molecular complexity index is 445. The van der Waals surface area contributed by atoms with Crippen molar-refractivity contribution in [1.82, 2.24) is 5.32 Å². The van der Waals surface area contributed by atoms with E-state index in [-0.39, 0.29) is 17.3 Å². The molecule has 1 atom stereocenters. The van der Waals surface area contributed by atoms with Crippen molar-refractivity contribution >= 4 is 5.78 Å². The van der Waals surface area contributed by atoms with Gasteiger partial charge in [-0.1, -0.05) is 13.3 Å². The lowest BCUT2D eigenvalue weighted by atomic mass is 9.76. The van der Waals surface area contributed by atoms with Crippen molar-refractivity contribution in [3.8, 4) is 5.75 Å². The van der Waals surface area contributed by atoms with Crippen LogP contribution in [-0.2, 0) is 0 Å². The van der Waals surface area contributed by atoms with Crippen LogP contribution in [0, 0.1) is 5.41 Å². The summed E-state index contributed by atoms with van der Waals surface area (Å²) in [4.78, 5) is 12.8. The minimum Gasteiger partial charge on any atom is -0.491 e. The molecule has 0 spiro atoms. The maximum absolute atomic E-state index is 12.8. The van der Waals surface area contributed by atoms with Crippen molar-refractivity contribution in [1.29, 1.82) is 0 Å². The molecule has 1 aromatic carbocycles. The van der Waals surface area contributed by atoms with Gasteiger partial charge < -0.3 is 10.1 Å². The summed E-state index contributed by atoms with van der Waals surface area (Å²) in [5.41, 5.74) is 0.605. The summed E-state index contributed by atoms with van der Waals surface area (Å²) in [7, 11) is 0. The molecule has 1 N–H and O–H groups in total. The van der Waals surface area contributed by atoms with E-state index in [1.165, 1.54) is 0 Å². The van der Waals surface area contributed by atoms with Gasteiger partial charge in [0.1, 0.15) is 5.75 Å². The molecule has 1 aromatic rings. The molecule has 0 aliphatic carbocycles. The highest BCUT2D eigenvalue weighted by atomic mass is 16.5. The first kappa shape index (κ1) is 15.0. The van der Waals surface area contributed by atoms with E-state index in [1.807, 2.05) is 38.1 Å². The van der Waals surface area contributed by atoms with E-state index in [0.717, 1.165) is 43.7 Å². The average Bonchev–Trinajstić information content (AvgIpc) is 2.88. The molecule has 20 heavy (non-hydrogen) atoms. The Kier molecular flexibility index (Phi) is 4.81. The number of benzene rings is 1. The molecule has 1 aliphatic heterocycles. The smallest absolute Gasteiger partial charge is 0.170 e. The molecule has 1 heterocycles. The number of rotatable bonds is 6. The van der Waals surface area contributed by atoms with Gasteiger partial charge in [-0.15, -0.1) is 0 Å². The predicted molar refractivity (Wildman–Crippen MR) is 81.4 cm³/mol. The molecule has 2 rings (SSSR count). The van der Waals surface area contributed by atoms with Crippen molar-refractivity contribution in [3.05, 3.63) is 29.8 Å². The second-order valence-corrected chi connectivity index (χ2v) is 5.98. The number of hydrogen-bond donors (Lipinski definition) is 1. The zero-order valence-corrected chi connectivity index (χ0v) is 12.7. The third-order valence-electron chi connectivity index (χ3n) is 3.94. The Morgan fingerprint density at radius 2 is 2.05 bits per heavy atom. The van der Waals surface area contributed by atoms with Gasteiger partial charge in [0, 0.05) is 17.5 Å². The zero-order valence-electron chi connectivity index (χ0n) is 12.7. The highest BCUT2D eigenvalue weighted by Crippen LogP contribution is 2.35. The molecule has 0 bridgehead atoms. The fourth-order valence-electron chi connectivity index (χ4n) is 3.01. The summed E-state index contributed by atoms with van der Waals surface area (Å²) >= 11 is 0. The van der Waals surface area contributed by atoms with Gasteiger partial charge in [0.05, 0.1) is 6.10 Å². The Balaban J connectivity index is 2.15. The molecule has 0 aromatic heterocycles. The quantitative estimate of drug-likeness (QED) is 0.808. The third-order valence-corrected chi connectivity index (χ3v) is 3.94. The summed E-state index contributed by atoms with van der Waals surface area (Å²) in [6.07, 6.45) is 3.11. The van der Waals surface area contributed by atoms with Crippen molar-refractivity contribution < 1.29 is 9.53 Å². The van der Waals surface area contributed by atoms with Crippen LogP contribution in [0.4, 0.5) is 0 Å². The van der Waals surface area contributed by atoms with Crippen LogP contribution in [0.5, 0.6) is 5.75 Å². The molecule has 1 fully saturated rings. The van der Waals surface area contributed by atoms with E-state index >= 15 is 0 Å². The molecule has 0 radical (unpaired) electrons. The molecular weight excluding hydrogens is 250 g/mol. The SMILES string of the molecule is CCCC1(C(=O)c2ccc(OC(C)C)cc2)CCNC1. The molecule has 1 aliphatic rings. The summed E-state index contributed by atoms with van der Waals surface area (Å²) in [6.45, 7) is 7.90. The van der Waals surface area contributed by atoms with Crippen molar-refractivity contribution in [2.24, 2.45) is 5.41 Å². The Morgan fingerprint density at radius 3 is 2.55 bits per heavy atom. The first-order valence-corrected chi connectivity index (χ1v) is 7.59. The summed E-state index contributed by atoms with van der Waals surface area (Å²) in [5.74, 6) is 1.10. The van der Waals surface area contributed by atoms with Crippen molar-refractivity contribution in [2.75, 3.05) is 13.1 Å². The largest absolute Gasteiger partial charge is 0.491 e. The molecule has 3 nitrogen and oxygen atoms in total. The van der Waals surface area contributed by atoms with Gasteiger partial charge in [-0.25, -0.2) is 0 Å². The van der Waals surface area contributed by atoms with E-state index in [4.69, 9.17) is 4.74 Å². The second kappa shape index (κ2) is 6.40. The minimum atomic E-state index is -0.199. The van der Waals surface area contributed by atoms with Crippen molar-refractivity contribution in [2.45, 2.75) is 46.1 Å². The summed E-state index contributed by atoms with van der Waals surface area (Å²) in [6, 6.07) is 7.59. The minimum absolute atomic E-state index is 0.155. The molecule has 1 saturated heterocycles. The van der Waals surface area contributed by atoms with Crippen LogP contribution < -0.4 is 10.1 Å². The van der Waals surface area contributed by atoms with E-state index in [9.17, 15) is 4.79 Å². The van der Waals surface area contributed by atoms with Crippen LogP contribution in [0.25, 0.3) is 0 Å². The normalized spacial score (nSPS) is 22.2. The topological polar surface area (TPSA) is 38.3 Å². The molecule has 0 amide bonds. The summed E-state index contributed by atoms with van der Waals surface area (Å²) in [5, 5.41) is 3.34. The summed E-state index contributed by atoms with van der Waals surface area (Å²) < 4.78 is 5.62. The number of carbonyl (C=O) groups is 1. The molecule has 3 heteroatoms. The standard InChI is InChI=1S/C17H25NO2/c1-4-9-17(10-11-18-12-17)16(19)14-5-7-15(8-6-14)20-13(2)3/h5-8,13,18H,4,9-12H2,1-3H3. The first-order valence-electron chi connectivity index (χ1n) is 7.59. The van der Waals surface area contributed by atoms with Crippen LogP contribution in [0.1, 0.15) is 50.4 Å². The fourth-order valence-corrected chi connectivity index (χ4v) is 3.01. The number of hydrogen-bond acceptors (Lipinski definition) is 3. The molecular formula is C17H25NO2. The molecule has 0 saturated carbocycles. The van der Waals surface area contributed by atoms with E-state index in [2.05, 4.69) is 12.2 Å². The lowest BCUT2D eigenvalue weighted by Crippen LogP contribution is -2.33. The number of Topliss-reactive ketones (excluding diaryl/α,β-unsaturated/α-hetero) is 1. The molecule has 1 unspecified atom stereocenters. The second-order valence-electron chi connectivity index (χ2n) is 5.98. The van der Waals surface area contributed by atoms with E-state index in [0.29, 0.717) is 0 Å². The van der Waals surface area contributed by atoms with Gasteiger partial charge in [-0.05, 0) is 57.5 Å². The van der Waals surface area contributed by atoms with Crippen LogP contribution in [0.15, 0.2) is 24.3 Å². The van der Waals surface area contributed by atoms with E-state index in [1.54, 1.807) is 0 Å². The number of carbonyl (C=O) groups excluding carboxylic acids is 1. The maximum atomic E-state index is 12.8. The van der Waals surface area contributed by atoms with Gasteiger partial charge in [0.15, 0.2) is 5.78 Å². The van der Waals surface area contributed by atoms with Crippen LogP contribution in [0.2, 0.25) is 0 Å². The number of ether oxygens (including phenoxy) is 1. The molecule has 110 valence electrons. The zero-order chi connectivity index (χ0) is 14.6. The Hall–Kier alpha value is -1.35. The van der Waals surface area contributed by atoms with E-state index < -0.39 is 0 Å². The maximum Gasteiger partial charge on any atom is 0.170 e. The lowest BCUT2D eigenvalue weighted by Gasteiger charge is -2.26. The van der Waals surface area contributed by atoms with Gasteiger partial charge >= 0.3 is 0 Å².